The predicted octanol–water partition coefficient (Wildman–Crippen LogP) is 2.02. The van der Waals surface area contributed by atoms with Gasteiger partial charge in [0.15, 0.2) is 5.82 Å². The number of nitrogens with one attached hydrogen (secondary N) is 1. The van der Waals surface area contributed by atoms with Crippen LogP contribution in [-0.4, -0.2) is 39.8 Å². The smallest absolute Gasteiger partial charge is 0.254 e. The Kier molecular flexibility index (Phi) is 4.33. The van der Waals surface area contributed by atoms with E-state index in [1.165, 1.54) is 4.90 Å². The van der Waals surface area contributed by atoms with E-state index in [1.807, 2.05) is 6.07 Å². The number of carbonyl (C=O) groups excluding carboxylic acids is 2. The largest absolute Gasteiger partial charge is 0.329 e. The number of carbonyl (C=O) groups is 2. The van der Waals surface area contributed by atoms with Crippen molar-refractivity contribution in [3.05, 3.63) is 52.0 Å². The number of hydrogen-bond donors (Lipinski definition) is 1. The molecule has 2 aromatic rings. The van der Waals surface area contributed by atoms with Crippen LogP contribution in [0.5, 0.6) is 0 Å². The first-order chi connectivity index (χ1) is 11.0. The van der Waals surface area contributed by atoms with E-state index in [2.05, 4.69) is 31.2 Å². The molecule has 1 aromatic heterocycles. The van der Waals surface area contributed by atoms with E-state index in [1.54, 1.807) is 12.1 Å². The summed E-state index contributed by atoms with van der Waals surface area (Å²) in [5.41, 5.74) is 1.56. The lowest BCUT2D eigenvalue weighted by Crippen LogP contribution is -2.42. The minimum Gasteiger partial charge on any atom is -0.329 e. The molecule has 0 radical (unpaired) electrons. The fraction of sp³-hybridized carbons (Fsp3) is 0.200. The van der Waals surface area contributed by atoms with Crippen molar-refractivity contribution in [2.75, 3.05) is 18.4 Å². The highest BCUT2D eigenvalue weighted by Gasteiger charge is 2.26. The number of fused-ring (bicyclic) bond motifs is 1. The van der Waals surface area contributed by atoms with Crippen LogP contribution in [0.2, 0.25) is 0 Å². The standard InChI is InChI=1S/C15H12BrFN4O2/c16-10-1-2-12-9(5-10)3-4-21(14(12)23)8-13(22)20-15-18-6-11(17)7-19-15/h1-2,5-7H,3-4,8H2,(H,18,19,20,22). The number of anilines is 1. The van der Waals surface area contributed by atoms with Gasteiger partial charge in [-0.2, -0.15) is 0 Å². The highest BCUT2D eigenvalue weighted by atomic mass is 79.9. The van der Waals surface area contributed by atoms with Gasteiger partial charge in [0.25, 0.3) is 5.91 Å². The first-order valence-electron chi connectivity index (χ1n) is 6.88. The number of benzene rings is 1. The summed E-state index contributed by atoms with van der Waals surface area (Å²) in [4.78, 5) is 33.2. The lowest BCUT2D eigenvalue weighted by Gasteiger charge is -2.28. The molecule has 1 N–H and O–H groups in total. The van der Waals surface area contributed by atoms with Crippen LogP contribution in [0.4, 0.5) is 10.3 Å². The third kappa shape index (κ3) is 3.53. The Morgan fingerprint density at radius 3 is 2.83 bits per heavy atom. The molecular formula is C15H12BrFN4O2. The summed E-state index contributed by atoms with van der Waals surface area (Å²) in [6, 6.07) is 5.46. The Labute approximate surface area is 139 Å². The number of nitrogens with zero attached hydrogens (tertiary/aromatic N) is 3. The van der Waals surface area contributed by atoms with Crippen molar-refractivity contribution < 1.29 is 14.0 Å². The maximum absolute atomic E-state index is 12.7. The molecule has 0 spiro atoms. The van der Waals surface area contributed by atoms with Gasteiger partial charge >= 0.3 is 0 Å². The fourth-order valence-electron chi connectivity index (χ4n) is 2.37. The summed E-state index contributed by atoms with van der Waals surface area (Å²) >= 11 is 3.38. The van der Waals surface area contributed by atoms with Crippen LogP contribution in [0, 0.1) is 5.82 Å². The van der Waals surface area contributed by atoms with Crippen LogP contribution in [0.15, 0.2) is 35.1 Å². The molecule has 3 rings (SSSR count). The zero-order valence-corrected chi connectivity index (χ0v) is 13.5. The number of rotatable bonds is 3. The van der Waals surface area contributed by atoms with Gasteiger partial charge in [-0.05, 0) is 30.2 Å². The van der Waals surface area contributed by atoms with Gasteiger partial charge in [0.2, 0.25) is 11.9 Å². The maximum atomic E-state index is 12.7. The lowest BCUT2D eigenvalue weighted by molar-refractivity contribution is -0.117. The number of halogens is 2. The summed E-state index contributed by atoms with van der Waals surface area (Å²) in [6.07, 6.45) is 2.60. The fourth-order valence-corrected chi connectivity index (χ4v) is 2.78. The molecule has 0 fully saturated rings. The van der Waals surface area contributed by atoms with E-state index in [0.717, 1.165) is 22.4 Å². The van der Waals surface area contributed by atoms with Gasteiger partial charge in [-0.25, -0.2) is 14.4 Å². The normalized spacial score (nSPS) is 13.7. The second-order valence-electron chi connectivity index (χ2n) is 5.05. The molecule has 0 saturated carbocycles. The second-order valence-corrected chi connectivity index (χ2v) is 5.97. The summed E-state index contributed by atoms with van der Waals surface area (Å²) in [5.74, 6) is -1.19. The van der Waals surface area contributed by atoms with Crippen molar-refractivity contribution in [2.24, 2.45) is 0 Å². The predicted molar refractivity (Wildman–Crippen MR) is 84.4 cm³/mol. The zero-order valence-electron chi connectivity index (χ0n) is 11.9. The molecule has 0 bridgehead atoms. The van der Waals surface area contributed by atoms with Crippen LogP contribution < -0.4 is 5.32 Å². The average Bonchev–Trinajstić information content (AvgIpc) is 2.52. The lowest BCUT2D eigenvalue weighted by atomic mass is 9.99. The van der Waals surface area contributed by atoms with Gasteiger partial charge < -0.3 is 4.90 Å². The molecule has 0 atom stereocenters. The van der Waals surface area contributed by atoms with E-state index in [-0.39, 0.29) is 18.4 Å². The topological polar surface area (TPSA) is 75.2 Å². The quantitative estimate of drug-likeness (QED) is 0.886. The SMILES string of the molecule is O=C(CN1CCc2cc(Br)ccc2C1=O)Nc1ncc(F)cn1. The third-order valence-corrected chi connectivity index (χ3v) is 3.94. The van der Waals surface area contributed by atoms with Crippen LogP contribution in [0.1, 0.15) is 15.9 Å². The Bertz CT molecular complexity index is 767. The monoisotopic (exact) mass is 378 g/mol. The molecule has 0 aliphatic carbocycles. The number of hydrogen-bond acceptors (Lipinski definition) is 4. The van der Waals surface area contributed by atoms with Gasteiger partial charge in [-0.15, -0.1) is 0 Å². The third-order valence-electron chi connectivity index (χ3n) is 3.44. The van der Waals surface area contributed by atoms with Gasteiger partial charge in [0.1, 0.15) is 6.54 Å². The van der Waals surface area contributed by atoms with Crippen LogP contribution in [-0.2, 0) is 11.2 Å². The Morgan fingerprint density at radius 2 is 2.09 bits per heavy atom. The molecule has 0 unspecified atom stereocenters. The number of aromatic nitrogens is 2. The van der Waals surface area contributed by atoms with Gasteiger partial charge in [-0.1, -0.05) is 15.9 Å². The summed E-state index contributed by atoms with van der Waals surface area (Å²) in [6.45, 7) is 0.356. The Morgan fingerprint density at radius 1 is 1.35 bits per heavy atom. The first kappa shape index (κ1) is 15.5. The Hall–Kier alpha value is -2.35. The van der Waals surface area contributed by atoms with Crippen molar-refractivity contribution >= 4 is 33.7 Å². The number of amides is 2. The molecule has 8 heteroatoms. The van der Waals surface area contributed by atoms with Gasteiger partial charge in [0, 0.05) is 16.6 Å². The second kappa shape index (κ2) is 6.41. The van der Waals surface area contributed by atoms with E-state index in [9.17, 15) is 14.0 Å². The maximum Gasteiger partial charge on any atom is 0.254 e. The zero-order chi connectivity index (χ0) is 16.4. The van der Waals surface area contributed by atoms with Crippen LogP contribution in [0.3, 0.4) is 0 Å². The van der Waals surface area contributed by atoms with E-state index < -0.39 is 11.7 Å². The molecule has 6 nitrogen and oxygen atoms in total. The van der Waals surface area contributed by atoms with E-state index >= 15 is 0 Å². The highest BCUT2D eigenvalue weighted by molar-refractivity contribution is 9.10. The molecule has 0 saturated heterocycles. The summed E-state index contributed by atoms with van der Waals surface area (Å²) in [7, 11) is 0. The van der Waals surface area contributed by atoms with E-state index in [4.69, 9.17) is 0 Å². The average molecular weight is 379 g/mol. The molecule has 2 heterocycles. The van der Waals surface area contributed by atoms with Gasteiger partial charge in [0.05, 0.1) is 12.4 Å². The molecule has 1 aromatic carbocycles. The van der Waals surface area contributed by atoms with Crippen molar-refractivity contribution in [1.82, 2.24) is 14.9 Å². The van der Waals surface area contributed by atoms with Crippen LogP contribution >= 0.6 is 15.9 Å². The highest BCUT2D eigenvalue weighted by Crippen LogP contribution is 2.22. The molecule has 23 heavy (non-hydrogen) atoms. The molecular weight excluding hydrogens is 367 g/mol. The van der Waals surface area contributed by atoms with Crippen molar-refractivity contribution in [3.63, 3.8) is 0 Å². The summed E-state index contributed by atoms with van der Waals surface area (Å²) < 4.78 is 13.6. The minimum atomic E-state index is -0.586. The van der Waals surface area contributed by atoms with Crippen molar-refractivity contribution in [2.45, 2.75) is 6.42 Å². The molecule has 1 aliphatic rings. The first-order valence-corrected chi connectivity index (χ1v) is 7.67. The van der Waals surface area contributed by atoms with Crippen molar-refractivity contribution in [1.29, 1.82) is 0 Å². The molecule has 1 aliphatic heterocycles. The van der Waals surface area contributed by atoms with Crippen LogP contribution in [0.25, 0.3) is 0 Å². The molecule has 118 valence electrons. The minimum absolute atomic E-state index is 0.00480. The van der Waals surface area contributed by atoms with Crippen molar-refractivity contribution in [3.8, 4) is 0 Å². The Balaban J connectivity index is 1.66. The molecule has 2 amide bonds. The van der Waals surface area contributed by atoms with Gasteiger partial charge in [-0.3, -0.25) is 14.9 Å². The summed E-state index contributed by atoms with van der Waals surface area (Å²) in [5, 5.41) is 2.44. The van der Waals surface area contributed by atoms with E-state index in [0.29, 0.717) is 18.5 Å².